The molecule has 1 amide bonds. The predicted octanol–water partition coefficient (Wildman–Crippen LogP) is 4.79. The zero-order valence-electron chi connectivity index (χ0n) is 13.8. The van der Waals surface area contributed by atoms with E-state index in [2.05, 4.69) is 5.32 Å². The summed E-state index contributed by atoms with van der Waals surface area (Å²) in [5.41, 5.74) is 1.87. The van der Waals surface area contributed by atoms with E-state index < -0.39 is 0 Å². The molecule has 5 heteroatoms. The standard InChI is InChI=1S/C19H22ClNO2S/c1-2-23-13-3-12-21-19(22)16-6-4-15(5-7-16)14-24-18-10-8-17(20)9-11-18/h4-11H,2-3,12-14H2,1H3,(H,21,22). The van der Waals surface area contributed by atoms with E-state index in [9.17, 15) is 4.79 Å². The van der Waals surface area contributed by atoms with Crippen molar-refractivity contribution in [3.63, 3.8) is 0 Å². The van der Waals surface area contributed by atoms with Crippen molar-refractivity contribution in [2.75, 3.05) is 19.8 Å². The first-order valence-corrected chi connectivity index (χ1v) is 9.38. The smallest absolute Gasteiger partial charge is 0.251 e. The van der Waals surface area contributed by atoms with Gasteiger partial charge in [-0.25, -0.2) is 0 Å². The van der Waals surface area contributed by atoms with Crippen molar-refractivity contribution in [1.29, 1.82) is 0 Å². The molecule has 0 aliphatic heterocycles. The highest BCUT2D eigenvalue weighted by Gasteiger charge is 2.05. The van der Waals surface area contributed by atoms with Gasteiger partial charge in [-0.15, -0.1) is 11.8 Å². The minimum atomic E-state index is -0.0385. The monoisotopic (exact) mass is 363 g/mol. The lowest BCUT2D eigenvalue weighted by Gasteiger charge is -2.07. The molecule has 0 aliphatic rings. The van der Waals surface area contributed by atoms with Crippen LogP contribution in [-0.4, -0.2) is 25.7 Å². The van der Waals surface area contributed by atoms with Gasteiger partial charge in [0.15, 0.2) is 0 Å². The van der Waals surface area contributed by atoms with Crippen LogP contribution >= 0.6 is 23.4 Å². The van der Waals surface area contributed by atoms with Crippen LogP contribution in [0.4, 0.5) is 0 Å². The average Bonchev–Trinajstić information content (AvgIpc) is 2.61. The lowest BCUT2D eigenvalue weighted by Crippen LogP contribution is -2.25. The fourth-order valence-corrected chi connectivity index (χ4v) is 3.05. The van der Waals surface area contributed by atoms with Crippen LogP contribution in [0.5, 0.6) is 0 Å². The topological polar surface area (TPSA) is 38.3 Å². The van der Waals surface area contributed by atoms with Crippen LogP contribution in [0.3, 0.4) is 0 Å². The third-order valence-electron chi connectivity index (χ3n) is 3.39. The fourth-order valence-electron chi connectivity index (χ4n) is 2.07. The van der Waals surface area contributed by atoms with Crippen LogP contribution in [0.1, 0.15) is 29.3 Å². The molecule has 2 aromatic carbocycles. The van der Waals surface area contributed by atoms with E-state index in [1.807, 2.05) is 55.5 Å². The second kappa shape index (κ2) is 10.4. The number of hydrogen-bond donors (Lipinski definition) is 1. The van der Waals surface area contributed by atoms with Gasteiger partial charge in [-0.05, 0) is 55.3 Å². The molecule has 2 rings (SSSR count). The number of carbonyl (C=O) groups is 1. The number of thioether (sulfide) groups is 1. The molecule has 0 atom stereocenters. The van der Waals surface area contributed by atoms with Crippen molar-refractivity contribution in [1.82, 2.24) is 5.32 Å². The van der Waals surface area contributed by atoms with Crippen molar-refractivity contribution in [3.8, 4) is 0 Å². The molecule has 2 aromatic rings. The van der Waals surface area contributed by atoms with Crippen LogP contribution in [0.25, 0.3) is 0 Å². The first-order chi connectivity index (χ1) is 11.7. The van der Waals surface area contributed by atoms with E-state index in [-0.39, 0.29) is 5.91 Å². The van der Waals surface area contributed by atoms with E-state index in [1.165, 1.54) is 10.5 Å². The van der Waals surface area contributed by atoms with Crippen LogP contribution in [0.2, 0.25) is 5.02 Å². The van der Waals surface area contributed by atoms with Crippen molar-refractivity contribution in [2.24, 2.45) is 0 Å². The maximum Gasteiger partial charge on any atom is 0.251 e. The number of rotatable bonds is 9. The zero-order chi connectivity index (χ0) is 17.2. The SMILES string of the molecule is CCOCCCNC(=O)c1ccc(CSc2ccc(Cl)cc2)cc1. The quantitative estimate of drug-likeness (QED) is 0.514. The van der Waals surface area contributed by atoms with Crippen LogP contribution in [0.15, 0.2) is 53.4 Å². The number of hydrogen-bond acceptors (Lipinski definition) is 3. The molecule has 0 spiro atoms. The van der Waals surface area contributed by atoms with Crippen molar-refractivity contribution in [2.45, 2.75) is 24.0 Å². The molecule has 24 heavy (non-hydrogen) atoms. The molecule has 3 nitrogen and oxygen atoms in total. The van der Waals surface area contributed by atoms with E-state index in [0.717, 1.165) is 17.2 Å². The summed E-state index contributed by atoms with van der Waals surface area (Å²) in [4.78, 5) is 13.2. The molecular formula is C19H22ClNO2S. The Hall–Kier alpha value is -1.49. The Morgan fingerprint density at radius 1 is 1.12 bits per heavy atom. The Balaban J connectivity index is 1.77. The third-order valence-corrected chi connectivity index (χ3v) is 4.73. The first-order valence-electron chi connectivity index (χ1n) is 8.02. The Kier molecular flexibility index (Phi) is 8.16. The maximum atomic E-state index is 12.0. The molecular weight excluding hydrogens is 342 g/mol. The molecule has 0 fully saturated rings. The molecule has 0 saturated carbocycles. The molecule has 128 valence electrons. The molecule has 0 bridgehead atoms. The highest BCUT2D eigenvalue weighted by Crippen LogP contribution is 2.24. The lowest BCUT2D eigenvalue weighted by molar-refractivity contribution is 0.0944. The summed E-state index contributed by atoms with van der Waals surface area (Å²) < 4.78 is 5.25. The van der Waals surface area contributed by atoms with Gasteiger partial charge >= 0.3 is 0 Å². The summed E-state index contributed by atoms with van der Waals surface area (Å²) in [5.74, 6) is 0.820. The van der Waals surface area contributed by atoms with Crippen LogP contribution in [0, 0.1) is 0 Å². The number of carbonyl (C=O) groups excluding carboxylic acids is 1. The molecule has 0 radical (unpaired) electrons. The molecule has 0 aliphatic carbocycles. The number of amides is 1. The summed E-state index contributed by atoms with van der Waals surface area (Å²) in [6, 6.07) is 15.5. The summed E-state index contributed by atoms with van der Waals surface area (Å²) in [5, 5.41) is 3.65. The molecule has 0 saturated heterocycles. The lowest BCUT2D eigenvalue weighted by atomic mass is 10.1. The van der Waals surface area contributed by atoms with E-state index >= 15 is 0 Å². The van der Waals surface area contributed by atoms with Gasteiger partial charge in [0.25, 0.3) is 5.91 Å². The Morgan fingerprint density at radius 3 is 2.50 bits per heavy atom. The van der Waals surface area contributed by atoms with Gasteiger partial charge in [0.2, 0.25) is 0 Å². The van der Waals surface area contributed by atoms with Crippen LogP contribution in [-0.2, 0) is 10.5 Å². The van der Waals surface area contributed by atoms with Gasteiger partial charge in [-0.1, -0.05) is 23.7 Å². The highest BCUT2D eigenvalue weighted by molar-refractivity contribution is 7.98. The molecule has 0 aromatic heterocycles. The van der Waals surface area contributed by atoms with Crippen molar-refractivity contribution in [3.05, 3.63) is 64.7 Å². The van der Waals surface area contributed by atoms with Gasteiger partial charge in [-0.2, -0.15) is 0 Å². The van der Waals surface area contributed by atoms with Crippen LogP contribution < -0.4 is 5.32 Å². The largest absolute Gasteiger partial charge is 0.382 e. The molecule has 0 heterocycles. The van der Waals surface area contributed by atoms with Crippen molar-refractivity contribution < 1.29 is 9.53 Å². The first kappa shape index (κ1) is 18.8. The van der Waals surface area contributed by atoms with Gasteiger partial charge in [-0.3, -0.25) is 4.79 Å². The Bertz CT molecular complexity index is 629. The third kappa shape index (κ3) is 6.56. The second-order valence-corrected chi connectivity index (χ2v) is 6.73. The number of halogens is 1. The minimum Gasteiger partial charge on any atom is -0.382 e. The van der Waals surface area contributed by atoms with E-state index in [1.54, 1.807) is 11.8 Å². The zero-order valence-corrected chi connectivity index (χ0v) is 15.3. The molecule has 0 unspecified atom stereocenters. The minimum absolute atomic E-state index is 0.0385. The summed E-state index contributed by atoms with van der Waals surface area (Å²) >= 11 is 7.63. The predicted molar refractivity (Wildman–Crippen MR) is 101 cm³/mol. The van der Waals surface area contributed by atoms with Gasteiger partial charge in [0.1, 0.15) is 0 Å². The Labute approximate surface area is 152 Å². The fraction of sp³-hybridized carbons (Fsp3) is 0.316. The summed E-state index contributed by atoms with van der Waals surface area (Å²) in [6.45, 7) is 3.99. The maximum absolute atomic E-state index is 12.0. The van der Waals surface area contributed by atoms with Gasteiger partial charge < -0.3 is 10.1 Å². The number of nitrogens with one attached hydrogen (secondary N) is 1. The highest BCUT2D eigenvalue weighted by atomic mass is 35.5. The Morgan fingerprint density at radius 2 is 1.83 bits per heavy atom. The molecule has 1 N–H and O–H groups in total. The van der Waals surface area contributed by atoms with Gasteiger partial charge in [0.05, 0.1) is 0 Å². The second-order valence-electron chi connectivity index (χ2n) is 5.25. The summed E-state index contributed by atoms with van der Waals surface area (Å²) in [7, 11) is 0. The van der Waals surface area contributed by atoms with E-state index in [0.29, 0.717) is 25.3 Å². The van der Waals surface area contributed by atoms with E-state index in [4.69, 9.17) is 16.3 Å². The van der Waals surface area contributed by atoms with Crippen molar-refractivity contribution >= 4 is 29.3 Å². The normalized spacial score (nSPS) is 10.6. The average molecular weight is 364 g/mol. The number of benzene rings is 2. The summed E-state index contributed by atoms with van der Waals surface area (Å²) in [6.07, 6.45) is 0.829. The van der Waals surface area contributed by atoms with Gasteiger partial charge in [0, 0.05) is 41.0 Å². The number of ether oxygens (including phenoxy) is 1.